The Morgan fingerprint density at radius 1 is 1.45 bits per heavy atom. The fourth-order valence-electron chi connectivity index (χ4n) is 0.396. The minimum Gasteiger partial charge on any atom is -0.395 e. The van der Waals surface area contributed by atoms with E-state index >= 15 is 0 Å². The van der Waals surface area contributed by atoms with Gasteiger partial charge in [-0.05, 0) is 0 Å². The lowest BCUT2D eigenvalue weighted by molar-refractivity contribution is -0.117. The van der Waals surface area contributed by atoms with Gasteiger partial charge < -0.3 is 16.2 Å². The van der Waals surface area contributed by atoms with Gasteiger partial charge >= 0.3 is 0 Å². The van der Waals surface area contributed by atoms with Gasteiger partial charge in [-0.1, -0.05) is 0 Å². The number of aliphatic hydroxyl groups excluding tert-OH is 1. The number of primary amides is 1. The predicted octanol–water partition coefficient (Wildman–Crippen LogP) is -1.86. The molecule has 0 aromatic heterocycles. The molecular weight excluding hydrogens is 148 g/mol. The quantitative estimate of drug-likeness (QED) is 0.419. The monoisotopic (exact) mass is 158 g/mol. The van der Waals surface area contributed by atoms with Gasteiger partial charge in [0.15, 0.2) is 0 Å². The van der Waals surface area contributed by atoms with Crippen molar-refractivity contribution in [3.63, 3.8) is 0 Å². The standard InChI is InChI=1S/C6H10N2O3/c7-5(10)1-2-6(11)8-3-4-9/h1-2,9H,3-4H2,(H2,7,10)(H,8,11)/b2-1-. The number of nitrogens with one attached hydrogen (secondary N) is 1. The van der Waals surface area contributed by atoms with Crippen LogP contribution in [0.4, 0.5) is 0 Å². The van der Waals surface area contributed by atoms with E-state index in [0.717, 1.165) is 12.2 Å². The third kappa shape index (κ3) is 6.53. The third-order valence-electron chi connectivity index (χ3n) is 0.810. The molecule has 0 bridgehead atoms. The maximum Gasteiger partial charge on any atom is 0.244 e. The van der Waals surface area contributed by atoms with E-state index in [-0.39, 0.29) is 13.2 Å². The summed E-state index contributed by atoms with van der Waals surface area (Å²) >= 11 is 0. The summed E-state index contributed by atoms with van der Waals surface area (Å²) in [5, 5.41) is 10.6. The second-order valence-corrected chi connectivity index (χ2v) is 1.75. The van der Waals surface area contributed by atoms with Crippen molar-refractivity contribution in [3.8, 4) is 0 Å². The van der Waals surface area contributed by atoms with Crippen molar-refractivity contribution in [1.29, 1.82) is 0 Å². The highest BCUT2D eigenvalue weighted by molar-refractivity contribution is 5.95. The van der Waals surface area contributed by atoms with Gasteiger partial charge in [-0.15, -0.1) is 0 Å². The largest absolute Gasteiger partial charge is 0.395 e. The van der Waals surface area contributed by atoms with Crippen LogP contribution in [0.2, 0.25) is 0 Å². The van der Waals surface area contributed by atoms with Crippen LogP contribution in [0.25, 0.3) is 0 Å². The Labute approximate surface area is 63.9 Å². The van der Waals surface area contributed by atoms with Gasteiger partial charge in [-0.25, -0.2) is 0 Å². The second kappa shape index (κ2) is 5.43. The highest BCUT2D eigenvalue weighted by Crippen LogP contribution is 1.71. The number of carbonyl (C=O) groups is 2. The molecule has 0 aliphatic rings. The molecule has 0 heterocycles. The fraction of sp³-hybridized carbons (Fsp3) is 0.333. The smallest absolute Gasteiger partial charge is 0.244 e. The second-order valence-electron chi connectivity index (χ2n) is 1.75. The lowest BCUT2D eigenvalue weighted by Crippen LogP contribution is -2.24. The van der Waals surface area contributed by atoms with Gasteiger partial charge in [0.25, 0.3) is 0 Å². The average molecular weight is 158 g/mol. The summed E-state index contributed by atoms with van der Waals surface area (Å²) in [5.41, 5.74) is 4.71. The van der Waals surface area contributed by atoms with E-state index in [9.17, 15) is 9.59 Å². The zero-order chi connectivity index (χ0) is 8.69. The predicted molar refractivity (Wildman–Crippen MR) is 38.4 cm³/mol. The molecule has 11 heavy (non-hydrogen) atoms. The first-order valence-electron chi connectivity index (χ1n) is 3.03. The Hall–Kier alpha value is -1.36. The fourth-order valence-corrected chi connectivity index (χ4v) is 0.396. The van der Waals surface area contributed by atoms with Crippen molar-refractivity contribution < 1.29 is 14.7 Å². The van der Waals surface area contributed by atoms with Crippen LogP contribution in [0.3, 0.4) is 0 Å². The molecule has 62 valence electrons. The Morgan fingerprint density at radius 2 is 2.09 bits per heavy atom. The first-order valence-corrected chi connectivity index (χ1v) is 3.03. The summed E-state index contributed by atoms with van der Waals surface area (Å²) < 4.78 is 0. The highest BCUT2D eigenvalue weighted by atomic mass is 16.3. The van der Waals surface area contributed by atoms with Crippen molar-refractivity contribution in [2.24, 2.45) is 5.73 Å². The van der Waals surface area contributed by atoms with Crippen LogP contribution in [0, 0.1) is 0 Å². The van der Waals surface area contributed by atoms with Crippen molar-refractivity contribution in [2.45, 2.75) is 0 Å². The number of nitrogens with two attached hydrogens (primary N) is 1. The molecule has 0 aromatic rings. The number of rotatable bonds is 4. The number of hydrogen-bond donors (Lipinski definition) is 3. The SMILES string of the molecule is NC(=O)/C=C\C(=O)NCCO. The molecule has 0 atom stereocenters. The lowest BCUT2D eigenvalue weighted by atomic mass is 10.4. The van der Waals surface area contributed by atoms with Crippen LogP contribution >= 0.6 is 0 Å². The minimum absolute atomic E-state index is 0.129. The molecule has 0 unspecified atom stereocenters. The molecule has 2 amide bonds. The Morgan fingerprint density at radius 3 is 2.55 bits per heavy atom. The van der Waals surface area contributed by atoms with E-state index < -0.39 is 11.8 Å². The first-order chi connectivity index (χ1) is 5.16. The topological polar surface area (TPSA) is 92.4 Å². The van der Waals surface area contributed by atoms with Gasteiger partial charge in [0, 0.05) is 18.7 Å². The van der Waals surface area contributed by atoms with Gasteiger partial charge in [0.2, 0.25) is 11.8 Å². The summed E-state index contributed by atoms with van der Waals surface area (Å²) in [5.74, 6) is -1.12. The van der Waals surface area contributed by atoms with Crippen molar-refractivity contribution in [1.82, 2.24) is 5.32 Å². The molecule has 0 aromatic carbocycles. The molecule has 4 N–H and O–H groups in total. The average Bonchev–Trinajstić information content (AvgIpc) is 1.97. The summed E-state index contributed by atoms with van der Waals surface area (Å²) in [6, 6.07) is 0. The summed E-state index contributed by atoms with van der Waals surface area (Å²) in [6.45, 7) is 0.0398. The van der Waals surface area contributed by atoms with E-state index in [1.165, 1.54) is 0 Å². The molecule has 0 fully saturated rings. The summed E-state index contributed by atoms with van der Waals surface area (Å²) in [6.07, 6.45) is 1.96. The lowest BCUT2D eigenvalue weighted by Gasteiger charge is -1.95. The number of amides is 2. The molecule has 5 nitrogen and oxygen atoms in total. The summed E-state index contributed by atoms with van der Waals surface area (Å²) in [4.78, 5) is 20.7. The molecule has 0 aliphatic carbocycles. The first kappa shape index (κ1) is 9.64. The molecule has 0 saturated heterocycles. The highest BCUT2D eigenvalue weighted by Gasteiger charge is 1.92. The molecule has 0 saturated carbocycles. The van der Waals surface area contributed by atoms with E-state index in [4.69, 9.17) is 10.8 Å². The molecule has 0 spiro atoms. The molecule has 5 heteroatoms. The summed E-state index contributed by atoms with van der Waals surface area (Å²) in [7, 11) is 0. The van der Waals surface area contributed by atoms with Crippen molar-refractivity contribution in [2.75, 3.05) is 13.2 Å². The molecular formula is C6H10N2O3. The van der Waals surface area contributed by atoms with Gasteiger partial charge in [0.1, 0.15) is 0 Å². The molecule has 0 rings (SSSR count). The van der Waals surface area contributed by atoms with Crippen molar-refractivity contribution in [3.05, 3.63) is 12.2 Å². The van der Waals surface area contributed by atoms with Gasteiger partial charge in [-0.2, -0.15) is 0 Å². The van der Waals surface area contributed by atoms with Crippen LogP contribution in [-0.4, -0.2) is 30.1 Å². The van der Waals surface area contributed by atoms with E-state index in [1.807, 2.05) is 0 Å². The van der Waals surface area contributed by atoms with Crippen LogP contribution in [-0.2, 0) is 9.59 Å². The van der Waals surface area contributed by atoms with Crippen molar-refractivity contribution >= 4 is 11.8 Å². The van der Waals surface area contributed by atoms with Crippen LogP contribution in [0.5, 0.6) is 0 Å². The van der Waals surface area contributed by atoms with Crippen LogP contribution in [0.15, 0.2) is 12.2 Å². The zero-order valence-corrected chi connectivity index (χ0v) is 5.91. The zero-order valence-electron chi connectivity index (χ0n) is 5.91. The van der Waals surface area contributed by atoms with E-state index in [1.54, 1.807) is 0 Å². The number of hydrogen-bond acceptors (Lipinski definition) is 3. The van der Waals surface area contributed by atoms with E-state index in [2.05, 4.69) is 5.32 Å². The van der Waals surface area contributed by atoms with Crippen LogP contribution < -0.4 is 11.1 Å². The number of aliphatic hydroxyl groups is 1. The van der Waals surface area contributed by atoms with E-state index in [0.29, 0.717) is 0 Å². The van der Waals surface area contributed by atoms with Crippen LogP contribution in [0.1, 0.15) is 0 Å². The Kier molecular flexibility index (Phi) is 4.76. The third-order valence-corrected chi connectivity index (χ3v) is 0.810. The minimum atomic E-state index is -0.677. The Bertz CT molecular complexity index is 177. The Balaban J connectivity index is 3.60. The number of carbonyl (C=O) groups excluding carboxylic acids is 2. The molecule has 0 aliphatic heterocycles. The maximum absolute atomic E-state index is 10.6. The normalized spacial score (nSPS) is 9.91. The maximum atomic E-state index is 10.6. The molecule has 0 radical (unpaired) electrons. The van der Waals surface area contributed by atoms with Gasteiger partial charge in [0.05, 0.1) is 6.61 Å². The van der Waals surface area contributed by atoms with Gasteiger partial charge in [-0.3, -0.25) is 9.59 Å².